The Morgan fingerprint density at radius 3 is 1.85 bits per heavy atom. The van der Waals surface area contributed by atoms with E-state index in [1.807, 2.05) is 80.6 Å². The summed E-state index contributed by atoms with van der Waals surface area (Å²) in [6, 6.07) is 25.1. The van der Waals surface area contributed by atoms with E-state index in [2.05, 4.69) is 0 Å². The van der Waals surface area contributed by atoms with Gasteiger partial charge in [0.25, 0.3) is 10.1 Å². The smallest absolute Gasteiger partial charge is 0.267 e. The van der Waals surface area contributed by atoms with Crippen LogP contribution in [0.4, 0.5) is 0 Å². The summed E-state index contributed by atoms with van der Waals surface area (Å²) in [5.74, 6) is 1.67. The van der Waals surface area contributed by atoms with Crippen molar-refractivity contribution >= 4 is 10.1 Å². The lowest BCUT2D eigenvalue weighted by atomic mass is 10.0. The zero-order valence-electron chi connectivity index (χ0n) is 19.3. The molecule has 3 aromatic carbocycles. The number of rotatable bonds is 11. The van der Waals surface area contributed by atoms with Crippen LogP contribution in [0.1, 0.15) is 38.0 Å². The molecule has 1 atom stereocenters. The van der Waals surface area contributed by atoms with E-state index in [-0.39, 0.29) is 6.10 Å². The lowest BCUT2D eigenvalue weighted by molar-refractivity contribution is 0.0258. The van der Waals surface area contributed by atoms with Crippen molar-refractivity contribution < 1.29 is 26.8 Å². The van der Waals surface area contributed by atoms with Gasteiger partial charge >= 0.3 is 0 Å². The van der Waals surface area contributed by atoms with Gasteiger partial charge in [-0.25, -0.2) is 4.18 Å². The Labute approximate surface area is 196 Å². The van der Waals surface area contributed by atoms with Gasteiger partial charge in [0, 0.05) is 6.07 Å². The molecular formula is C26H30O6S. The van der Waals surface area contributed by atoms with Crippen LogP contribution in [0.5, 0.6) is 17.2 Å². The molecule has 0 amide bonds. The fourth-order valence-electron chi connectivity index (χ4n) is 3.19. The molecule has 0 aliphatic heterocycles. The maximum absolute atomic E-state index is 11.5. The van der Waals surface area contributed by atoms with Crippen molar-refractivity contribution in [2.45, 2.75) is 33.2 Å². The van der Waals surface area contributed by atoms with E-state index < -0.39 is 16.4 Å². The van der Waals surface area contributed by atoms with Gasteiger partial charge in [0.05, 0.1) is 12.9 Å². The molecule has 0 aliphatic carbocycles. The van der Waals surface area contributed by atoms with Gasteiger partial charge in [-0.1, -0.05) is 74.5 Å². The molecule has 0 saturated heterocycles. The topological polar surface area (TPSA) is 71.1 Å². The van der Waals surface area contributed by atoms with Crippen molar-refractivity contribution in [1.29, 1.82) is 0 Å². The second kappa shape index (κ2) is 11.2. The largest absolute Gasteiger partial charge is 0.489 e. The van der Waals surface area contributed by atoms with Crippen LogP contribution in [-0.2, 0) is 14.3 Å². The Morgan fingerprint density at radius 1 is 0.758 bits per heavy atom. The maximum Gasteiger partial charge on any atom is 0.267 e. The molecule has 0 N–H and O–H groups in total. The second-order valence-electron chi connectivity index (χ2n) is 8.12. The van der Waals surface area contributed by atoms with Crippen LogP contribution in [0.15, 0.2) is 78.9 Å². The van der Waals surface area contributed by atoms with Crippen LogP contribution >= 0.6 is 0 Å². The van der Waals surface area contributed by atoms with E-state index in [4.69, 9.17) is 18.4 Å². The number of benzene rings is 3. The third kappa shape index (κ3) is 7.80. The molecule has 6 nitrogen and oxygen atoms in total. The average Bonchev–Trinajstić information content (AvgIpc) is 2.76. The van der Waals surface area contributed by atoms with Crippen LogP contribution in [0.25, 0.3) is 0 Å². The number of hydrogen-bond donors (Lipinski definition) is 0. The molecule has 0 aliphatic rings. The van der Waals surface area contributed by atoms with Gasteiger partial charge in [0.1, 0.15) is 11.9 Å². The highest BCUT2D eigenvalue weighted by molar-refractivity contribution is 7.86. The highest BCUT2D eigenvalue weighted by atomic mass is 32.2. The van der Waals surface area contributed by atoms with Crippen molar-refractivity contribution in [3.63, 3.8) is 0 Å². The van der Waals surface area contributed by atoms with Crippen molar-refractivity contribution in [2.75, 3.05) is 12.9 Å². The van der Waals surface area contributed by atoms with Gasteiger partial charge < -0.3 is 14.2 Å². The molecule has 0 aromatic heterocycles. The van der Waals surface area contributed by atoms with Gasteiger partial charge in [-0.15, -0.1) is 0 Å². The summed E-state index contributed by atoms with van der Waals surface area (Å²) >= 11 is 0. The normalized spacial score (nSPS) is 12.5. The van der Waals surface area contributed by atoms with E-state index in [0.717, 1.165) is 17.4 Å². The fraction of sp³-hybridized carbons (Fsp3) is 0.308. The van der Waals surface area contributed by atoms with Gasteiger partial charge in [-0.3, -0.25) is 0 Å². The Morgan fingerprint density at radius 2 is 1.33 bits per heavy atom. The zero-order chi connectivity index (χ0) is 23.8. The van der Waals surface area contributed by atoms with Gasteiger partial charge in [-0.2, -0.15) is 8.42 Å². The quantitative estimate of drug-likeness (QED) is 0.269. The minimum absolute atomic E-state index is 0.305. The van der Waals surface area contributed by atoms with Gasteiger partial charge in [0.2, 0.25) is 6.29 Å². The van der Waals surface area contributed by atoms with Gasteiger partial charge in [-0.05, 0) is 36.1 Å². The number of ether oxygens (including phenoxy) is 3. The molecule has 1 unspecified atom stereocenters. The van der Waals surface area contributed by atoms with Crippen LogP contribution in [0.3, 0.4) is 0 Å². The van der Waals surface area contributed by atoms with E-state index in [0.29, 0.717) is 29.8 Å². The molecule has 7 heteroatoms. The van der Waals surface area contributed by atoms with E-state index >= 15 is 0 Å². The van der Waals surface area contributed by atoms with Crippen molar-refractivity contribution in [3.8, 4) is 17.2 Å². The standard InChI is InChI=1S/C26H30O6S/c1-19(2)18-29-24-16-15-23(17-25(24)30-20(3)32-33(4,27)28)31-26(21-11-7-5-8-12-21)22-13-9-6-10-14-22/h5-17,19-20,26H,18H2,1-4H3. The Hall–Kier alpha value is -3.03. The molecule has 0 saturated carbocycles. The first kappa shape index (κ1) is 24.6. The lowest BCUT2D eigenvalue weighted by Crippen LogP contribution is -2.20. The highest BCUT2D eigenvalue weighted by Crippen LogP contribution is 2.36. The third-order valence-electron chi connectivity index (χ3n) is 4.55. The van der Waals surface area contributed by atoms with E-state index in [9.17, 15) is 8.42 Å². The van der Waals surface area contributed by atoms with Crippen molar-refractivity contribution in [2.24, 2.45) is 5.92 Å². The van der Waals surface area contributed by atoms with Crippen LogP contribution < -0.4 is 14.2 Å². The Kier molecular flexibility index (Phi) is 8.36. The molecule has 0 bridgehead atoms. The van der Waals surface area contributed by atoms with Gasteiger partial charge in [0.15, 0.2) is 11.5 Å². The predicted octanol–water partition coefficient (Wildman–Crippen LogP) is 5.59. The fourth-order valence-corrected chi connectivity index (χ4v) is 3.73. The Bertz CT molecular complexity index is 1070. The first-order valence-corrected chi connectivity index (χ1v) is 12.6. The van der Waals surface area contributed by atoms with Crippen molar-refractivity contribution in [3.05, 3.63) is 90.0 Å². The summed E-state index contributed by atoms with van der Waals surface area (Å²) in [6.45, 7) is 6.07. The molecule has 0 radical (unpaired) electrons. The lowest BCUT2D eigenvalue weighted by Gasteiger charge is -2.22. The highest BCUT2D eigenvalue weighted by Gasteiger charge is 2.19. The third-order valence-corrected chi connectivity index (χ3v) is 5.17. The van der Waals surface area contributed by atoms with E-state index in [1.54, 1.807) is 12.1 Å². The molecule has 0 heterocycles. The first-order chi connectivity index (χ1) is 15.7. The zero-order valence-corrected chi connectivity index (χ0v) is 20.1. The molecule has 0 spiro atoms. The molecular weight excluding hydrogens is 440 g/mol. The monoisotopic (exact) mass is 470 g/mol. The molecule has 176 valence electrons. The summed E-state index contributed by atoms with van der Waals surface area (Å²) in [5, 5.41) is 0. The van der Waals surface area contributed by atoms with E-state index in [1.165, 1.54) is 6.92 Å². The molecule has 3 rings (SSSR count). The van der Waals surface area contributed by atoms with Crippen LogP contribution in [0.2, 0.25) is 0 Å². The molecule has 33 heavy (non-hydrogen) atoms. The summed E-state index contributed by atoms with van der Waals surface area (Å²) in [7, 11) is -3.68. The summed E-state index contributed by atoms with van der Waals surface area (Å²) in [5.41, 5.74) is 2.00. The maximum atomic E-state index is 11.5. The Balaban J connectivity index is 1.92. The summed E-state index contributed by atoms with van der Waals surface area (Å²) in [6.07, 6.45) is -0.393. The predicted molar refractivity (Wildman–Crippen MR) is 128 cm³/mol. The molecule has 3 aromatic rings. The summed E-state index contributed by atoms with van der Waals surface area (Å²) < 4.78 is 46.0. The minimum atomic E-state index is -3.68. The minimum Gasteiger partial charge on any atom is -0.489 e. The van der Waals surface area contributed by atoms with Crippen molar-refractivity contribution in [1.82, 2.24) is 0 Å². The van der Waals surface area contributed by atoms with Crippen LogP contribution in [0, 0.1) is 5.92 Å². The molecule has 0 fully saturated rings. The SMILES string of the molecule is CC(C)COc1ccc(OC(c2ccccc2)c2ccccc2)cc1OC(C)OS(C)(=O)=O. The first-order valence-electron chi connectivity index (χ1n) is 10.8. The second-order valence-corrected chi connectivity index (χ2v) is 9.72. The summed E-state index contributed by atoms with van der Waals surface area (Å²) in [4.78, 5) is 0. The average molecular weight is 471 g/mol. The van der Waals surface area contributed by atoms with Crippen LogP contribution in [-0.4, -0.2) is 27.6 Å². The number of hydrogen-bond acceptors (Lipinski definition) is 6.